The minimum atomic E-state index is -3.14. The summed E-state index contributed by atoms with van der Waals surface area (Å²) in [5, 5.41) is 3.30. The summed E-state index contributed by atoms with van der Waals surface area (Å²) in [5.74, 6) is 1.14. The van der Waals surface area contributed by atoms with E-state index < -0.39 is 10.0 Å². The Kier molecular flexibility index (Phi) is 5.04. The molecule has 0 radical (unpaired) electrons. The number of hydrogen-bond donors (Lipinski definition) is 2. The maximum absolute atomic E-state index is 11.3. The normalized spacial score (nSPS) is 22.9. The van der Waals surface area contributed by atoms with E-state index in [-0.39, 0.29) is 6.04 Å². The van der Waals surface area contributed by atoms with Crippen LogP contribution in [0.2, 0.25) is 0 Å². The van der Waals surface area contributed by atoms with E-state index >= 15 is 0 Å². The molecule has 112 valence electrons. The number of sulfonamides is 1. The molecule has 0 aromatic carbocycles. The zero-order valence-electron chi connectivity index (χ0n) is 11.7. The third kappa shape index (κ3) is 4.43. The van der Waals surface area contributed by atoms with Crippen molar-refractivity contribution in [2.75, 3.05) is 18.1 Å². The highest BCUT2D eigenvalue weighted by molar-refractivity contribution is 9.10. The second kappa shape index (κ2) is 6.41. The van der Waals surface area contributed by atoms with Gasteiger partial charge < -0.3 is 5.32 Å². The molecule has 2 N–H and O–H groups in total. The molecule has 2 unspecified atom stereocenters. The van der Waals surface area contributed by atoms with Gasteiger partial charge >= 0.3 is 0 Å². The van der Waals surface area contributed by atoms with Crippen molar-refractivity contribution in [2.45, 2.75) is 32.2 Å². The molecule has 20 heavy (non-hydrogen) atoms. The van der Waals surface area contributed by atoms with E-state index in [0.29, 0.717) is 5.92 Å². The molecule has 1 aliphatic carbocycles. The van der Waals surface area contributed by atoms with Gasteiger partial charge in [-0.1, -0.05) is 6.42 Å². The predicted molar refractivity (Wildman–Crippen MR) is 84.3 cm³/mol. The highest BCUT2D eigenvalue weighted by atomic mass is 79.9. The lowest BCUT2D eigenvalue weighted by Crippen LogP contribution is -2.39. The highest BCUT2D eigenvalue weighted by Gasteiger charge is 2.29. The van der Waals surface area contributed by atoms with Crippen LogP contribution in [-0.4, -0.2) is 32.2 Å². The summed E-state index contributed by atoms with van der Waals surface area (Å²) < 4.78 is 26.4. The molecule has 0 aliphatic heterocycles. The molecule has 0 amide bonds. The predicted octanol–water partition coefficient (Wildman–Crippen LogP) is 2.28. The topological polar surface area (TPSA) is 71.1 Å². The lowest BCUT2D eigenvalue weighted by molar-refractivity contribution is 0.463. The van der Waals surface area contributed by atoms with Crippen LogP contribution < -0.4 is 10.0 Å². The molecule has 1 fully saturated rings. The molecule has 7 heteroatoms. The lowest BCUT2D eigenvalue weighted by Gasteiger charge is -2.20. The van der Waals surface area contributed by atoms with Crippen LogP contribution in [0.5, 0.6) is 0 Å². The van der Waals surface area contributed by atoms with Crippen molar-refractivity contribution in [2.24, 2.45) is 5.92 Å². The summed E-state index contributed by atoms with van der Waals surface area (Å²) in [6.07, 6.45) is 6.00. The zero-order valence-corrected chi connectivity index (χ0v) is 14.1. The number of pyridine rings is 1. The van der Waals surface area contributed by atoms with E-state index in [1.54, 1.807) is 6.20 Å². The monoisotopic (exact) mass is 361 g/mol. The summed E-state index contributed by atoms with van der Waals surface area (Å²) in [6, 6.07) is 2.02. The first-order valence-corrected chi connectivity index (χ1v) is 9.37. The standard InChI is InChI=1S/C13H20BrN3O2S/c1-9-6-13(16-8-11(9)14)15-7-10-4-3-5-12(10)17-20(2,18)19/h6,8,10,12,17H,3-5,7H2,1-2H3,(H,15,16). The average Bonchev–Trinajstić information content (AvgIpc) is 2.76. The Hall–Kier alpha value is -0.660. The number of nitrogens with zero attached hydrogens (tertiary/aromatic N) is 1. The number of rotatable bonds is 5. The van der Waals surface area contributed by atoms with E-state index in [0.717, 1.165) is 41.7 Å². The summed E-state index contributed by atoms with van der Waals surface area (Å²) in [6.45, 7) is 2.75. The summed E-state index contributed by atoms with van der Waals surface area (Å²) in [4.78, 5) is 4.30. The van der Waals surface area contributed by atoms with Gasteiger partial charge in [-0.05, 0) is 53.2 Å². The van der Waals surface area contributed by atoms with Crippen LogP contribution in [0.25, 0.3) is 0 Å². The third-order valence-corrected chi connectivity index (χ3v) is 5.18. The van der Waals surface area contributed by atoms with E-state index in [1.807, 2.05) is 13.0 Å². The lowest BCUT2D eigenvalue weighted by atomic mass is 10.0. The van der Waals surface area contributed by atoms with Gasteiger partial charge in [0, 0.05) is 23.3 Å². The molecule has 1 aromatic rings. The van der Waals surface area contributed by atoms with Gasteiger partial charge in [0.25, 0.3) is 0 Å². The Labute approximate surface area is 128 Å². The van der Waals surface area contributed by atoms with Gasteiger partial charge in [-0.15, -0.1) is 0 Å². The highest BCUT2D eigenvalue weighted by Crippen LogP contribution is 2.26. The van der Waals surface area contributed by atoms with Crippen LogP contribution in [0.4, 0.5) is 5.82 Å². The zero-order chi connectivity index (χ0) is 14.8. The fourth-order valence-corrected chi connectivity index (χ4v) is 3.66. The fourth-order valence-electron chi connectivity index (χ4n) is 2.58. The van der Waals surface area contributed by atoms with Gasteiger partial charge in [0.15, 0.2) is 0 Å². The van der Waals surface area contributed by atoms with E-state index in [4.69, 9.17) is 0 Å². The fraction of sp³-hybridized carbons (Fsp3) is 0.615. The number of anilines is 1. The van der Waals surface area contributed by atoms with Gasteiger partial charge in [0.05, 0.1) is 6.26 Å². The maximum atomic E-state index is 11.3. The molecular weight excluding hydrogens is 342 g/mol. The second-order valence-electron chi connectivity index (χ2n) is 5.39. The number of halogens is 1. The van der Waals surface area contributed by atoms with Crippen molar-refractivity contribution in [1.82, 2.24) is 9.71 Å². The van der Waals surface area contributed by atoms with Crippen molar-refractivity contribution < 1.29 is 8.42 Å². The van der Waals surface area contributed by atoms with Crippen molar-refractivity contribution in [3.63, 3.8) is 0 Å². The SMILES string of the molecule is Cc1cc(NCC2CCCC2NS(C)(=O)=O)ncc1Br. The first-order valence-electron chi connectivity index (χ1n) is 6.68. The molecule has 1 heterocycles. The van der Waals surface area contributed by atoms with Gasteiger partial charge in [-0.2, -0.15) is 0 Å². The van der Waals surface area contributed by atoms with Crippen LogP contribution in [0.1, 0.15) is 24.8 Å². The molecule has 1 aromatic heterocycles. The quantitative estimate of drug-likeness (QED) is 0.843. The van der Waals surface area contributed by atoms with Gasteiger partial charge in [0.1, 0.15) is 5.82 Å². The minimum absolute atomic E-state index is 0.0362. The van der Waals surface area contributed by atoms with E-state index in [2.05, 4.69) is 31.0 Å². The molecule has 0 bridgehead atoms. The Morgan fingerprint density at radius 3 is 2.85 bits per heavy atom. The van der Waals surface area contributed by atoms with Crippen molar-refractivity contribution >= 4 is 31.8 Å². The summed E-state index contributed by atoms with van der Waals surface area (Å²) in [7, 11) is -3.14. The van der Waals surface area contributed by atoms with Gasteiger partial charge in [0.2, 0.25) is 10.0 Å². The van der Waals surface area contributed by atoms with Crippen LogP contribution in [0.15, 0.2) is 16.7 Å². The first kappa shape index (κ1) is 15.7. The largest absolute Gasteiger partial charge is 0.370 e. The average molecular weight is 362 g/mol. The number of aryl methyl sites for hydroxylation is 1. The molecular formula is C13H20BrN3O2S. The summed E-state index contributed by atoms with van der Waals surface area (Å²) in [5.41, 5.74) is 1.12. The van der Waals surface area contributed by atoms with Gasteiger partial charge in [-0.3, -0.25) is 0 Å². The molecule has 1 aliphatic rings. The molecule has 0 saturated heterocycles. The molecule has 2 rings (SSSR count). The molecule has 5 nitrogen and oxygen atoms in total. The number of aromatic nitrogens is 1. The van der Waals surface area contributed by atoms with Crippen molar-refractivity contribution in [3.05, 3.63) is 22.3 Å². The third-order valence-electron chi connectivity index (χ3n) is 3.62. The van der Waals surface area contributed by atoms with Crippen molar-refractivity contribution in [3.8, 4) is 0 Å². The number of nitrogens with one attached hydrogen (secondary N) is 2. The molecule has 0 spiro atoms. The Morgan fingerprint density at radius 1 is 1.45 bits per heavy atom. The maximum Gasteiger partial charge on any atom is 0.208 e. The first-order chi connectivity index (χ1) is 9.35. The van der Waals surface area contributed by atoms with Crippen molar-refractivity contribution in [1.29, 1.82) is 0 Å². The summed E-state index contributed by atoms with van der Waals surface area (Å²) >= 11 is 3.42. The second-order valence-corrected chi connectivity index (χ2v) is 8.02. The van der Waals surface area contributed by atoms with E-state index in [1.165, 1.54) is 6.26 Å². The Balaban J connectivity index is 1.94. The minimum Gasteiger partial charge on any atom is -0.370 e. The Morgan fingerprint density at radius 2 is 2.20 bits per heavy atom. The van der Waals surface area contributed by atoms with E-state index in [9.17, 15) is 8.42 Å². The van der Waals surface area contributed by atoms with Crippen LogP contribution in [-0.2, 0) is 10.0 Å². The molecule has 2 atom stereocenters. The Bertz CT molecular complexity index is 577. The van der Waals surface area contributed by atoms with Crippen LogP contribution in [0, 0.1) is 12.8 Å². The number of hydrogen-bond acceptors (Lipinski definition) is 4. The van der Waals surface area contributed by atoms with Crippen LogP contribution >= 0.6 is 15.9 Å². The van der Waals surface area contributed by atoms with Gasteiger partial charge in [-0.25, -0.2) is 18.1 Å². The molecule has 1 saturated carbocycles. The smallest absolute Gasteiger partial charge is 0.208 e. The van der Waals surface area contributed by atoms with Crippen LogP contribution in [0.3, 0.4) is 0 Å².